The minimum atomic E-state index is 0.384. The maximum Gasteiger partial charge on any atom is 0.313 e. The average Bonchev–Trinajstić information content (AvgIpc) is 2.65. The van der Waals surface area contributed by atoms with Crippen LogP contribution in [0.5, 0.6) is 0 Å². The van der Waals surface area contributed by atoms with Crippen LogP contribution in [0.3, 0.4) is 0 Å². The monoisotopic (exact) mass is 226 g/mol. The van der Waals surface area contributed by atoms with Gasteiger partial charge in [0.05, 0.1) is 11.4 Å². The summed E-state index contributed by atoms with van der Waals surface area (Å²) in [6, 6.07) is 12.9. The van der Waals surface area contributed by atoms with Gasteiger partial charge in [0.25, 0.3) is 0 Å². The Balaban J connectivity index is 2.63. The molecule has 0 radical (unpaired) electrons. The highest BCUT2D eigenvalue weighted by molar-refractivity contribution is 6.05. The molecule has 2 aromatic heterocycles. The summed E-state index contributed by atoms with van der Waals surface area (Å²) in [4.78, 5) is 0. The Morgan fingerprint density at radius 1 is 1.06 bits per heavy atom. The van der Waals surface area contributed by atoms with E-state index >= 15 is 0 Å². The molecule has 17 heavy (non-hydrogen) atoms. The minimum Gasteiger partial charge on any atom is -0.269 e. The van der Waals surface area contributed by atoms with E-state index in [1.165, 1.54) is 16.3 Å². The standard InChI is InChI=1S/C14H16N3/c1-10(2)17-13-8-4-3-6-11(13)12-7-5-9-16(15)14(12)17/h3-10H,15H2,1-2H3/q+1. The highest BCUT2D eigenvalue weighted by Crippen LogP contribution is 2.28. The second-order valence-corrected chi connectivity index (χ2v) is 4.63. The van der Waals surface area contributed by atoms with E-state index in [9.17, 15) is 0 Å². The Bertz CT molecular complexity index is 695. The largest absolute Gasteiger partial charge is 0.313 e. The number of aromatic nitrogens is 2. The summed E-state index contributed by atoms with van der Waals surface area (Å²) in [5.74, 6) is 6.05. The van der Waals surface area contributed by atoms with Crippen molar-refractivity contribution in [3.63, 3.8) is 0 Å². The fourth-order valence-corrected chi connectivity index (χ4v) is 2.53. The fraction of sp³-hybridized carbons (Fsp3) is 0.214. The van der Waals surface area contributed by atoms with Crippen LogP contribution in [-0.4, -0.2) is 4.57 Å². The Morgan fingerprint density at radius 2 is 1.76 bits per heavy atom. The highest BCUT2D eigenvalue weighted by atomic mass is 15.3. The van der Waals surface area contributed by atoms with Crippen molar-refractivity contribution in [3.05, 3.63) is 42.6 Å². The van der Waals surface area contributed by atoms with E-state index in [4.69, 9.17) is 5.84 Å². The van der Waals surface area contributed by atoms with Gasteiger partial charge in [0.15, 0.2) is 0 Å². The lowest BCUT2D eigenvalue weighted by Crippen LogP contribution is -2.45. The van der Waals surface area contributed by atoms with Crippen molar-refractivity contribution in [1.82, 2.24) is 4.57 Å². The number of nitrogen functional groups attached to an aromatic ring is 1. The lowest BCUT2D eigenvalue weighted by molar-refractivity contribution is -0.614. The third-order valence-corrected chi connectivity index (χ3v) is 3.19. The van der Waals surface area contributed by atoms with E-state index in [0.29, 0.717) is 6.04 Å². The lowest BCUT2D eigenvalue weighted by atomic mass is 10.2. The van der Waals surface area contributed by atoms with Crippen LogP contribution in [0.1, 0.15) is 19.9 Å². The van der Waals surface area contributed by atoms with Crippen molar-refractivity contribution in [2.45, 2.75) is 19.9 Å². The van der Waals surface area contributed by atoms with E-state index in [-0.39, 0.29) is 0 Å². The summed E-state index contributed by atoms with van der Waals surface area (Å²) in [5.41, 5.74) is 2.31. The third-order valence-electron chi connectivity index (χ3n) is 3.19. The number of nitrogens with zero attached hydrogens (tertiary/aromatic N) is 2. The second kappa shape index (κ2) is 3.48. The van der Waals surface area contributed by atoms with Crippen LogP contribution in [0, 0.1) is 0 Å². The van der Waals surface area contributed by atoms with Gasteiger partial charge in [-0.2, -0.15) is 0 Å². The van der Waals surface area contributed by atoms with Gasteiger partial charge in [-0.15, -0.1) is 4.68 Å². The molecule has 0 atom stereocenters. The van der Waals surface area contributed by atoms with Crippen LogP contribution < -0.4 is 10.5 Å². The van der Waals surface area contributed by atoms with E-state index in [1.807, 2.05) is 12.3 Å². The normalized spacial score (nSPS) is 11.7. The molecule has 0 spiro atoms. The number of para-hydroxylation sites is 1. The molecule has 3 heteroatoms. The van der Waals surface area contributed by atoms with Crippen molar-refractivity contribution in [3.8, 4) is 0 Å². The Labute approximate surface area is 100 Å². The van der Waals surface area contributed by atoms with Gasteiger partial charge < -0.3 is 0 Å². The summed E-state index contributed by atoms with van der Waals surface area (Å²) in [6.07, 6.45) is 1.89. The summed E-state index contributed by atoms with van der Waals surface area (Å²) in [5, 5.41) is 2.47. The Morgan fingerprint density at radius 3 is 2.53 bits per heavy atom. The first kappa shape index (κ1) is 10.1. The third kappa shape index (κ3) is 1.32. The zero-order valence-electron chi connectivity index (χ0n) is 10.1. The summed E-state index contributed by atoms with van der Waals surface area (Å²) in [7, 11) is 0. The van der Waals surface area contributed by atoms with E-state index in [1.54, 1.807) is 4.68 Å². The smallest absolute Gasteiger partial charge is 0.269 e. The van der Waals surface area contributed by atoms with Crippen LogP contribution in [-0.2, 0) is 0 Å². The number of nitrogens with two attached hydrogens (primary N) is 1. The van der Waals surface area contributed by atoms with E-state index < -0.39 is 0 Å². The molecule has 2 N–H and O–H groups in total. The molecule has 0 amide bonds. The van der Waals surface area contributed by atoms with Gasteiger partial charge in [0.2, 0.25) is 0 Å². The van der Waals surface area contributed by atoms with E-state index in [0.717, 1.165) is 5.65 Å². The van der Waals surface area contributed by atoms with Crippen LogP contribution in [0.25, 0.3) is 21.9 Å². The first-order valence-corrected chi connectivity index (χ1v) is 5.88. The van der Waals surface area contributed by atoms with Crippen LogP contribution in [0.4, 0.5) is 0 Å². The van der Waals surface area contributed by atoms with Crippen molar-refractivity contribution in [1.29, 1.82) is 0 Å². The van der Waals surface area contributed by atoms with Crippen molar-refractivity contribution >= 4 is 21.9 Å². The van der Waals surface area contributed by atoms with Crippen LogP contribution >= 0.6 is 0 Å². The maximum atomic E-state index is 6.05. The molecule has 0 unspecified atom stereocenters. The zero-order chi connectivity index (χ0) is 12.0. The van der Waals surface area contributed by atoms with Gasteiger partial charge in [-0.05, 0) is 38.1 Å². The van der Waals surface area contributed by atoms with Gasteiger partial charge in [-0.1, -0.05) is 12.1 Å². The number of pyridine rings is 1. The molecular weight excluding hydrogens is 210 g/mol. The van der Waals surface area contributed by atoms with Crippen molar-refractivity contribution in [2.75, 3.05) is 5.84 Å². The first-order chi connectivity index (χ1) is 8.20. The van der Waals surface area contributed by atoms with Gasteiger partial charge in [-0.25, -0.2) is 4.57 Å². The summed E-state index contributed by atoms with van der Waals surface area (Å²) >= 11 is 0. The number of hydrogen-bond acceptors (Lipinski definition) is 1. The molecule has 1 aromatic carbocycles. The quantitative estimate of drug-likeness (QED) is 0.502. The molecule has 0 aliphatic heterocycles. The fourth-order valence-electron chi connectivity index (χ4n) is 2.53. The summed E-state index contributed by atoms with van der Waals surface area (Å²) in [6.45, 7) is 4.36. The SMILES string of the molecule is CC(C)n1c2ccccc2c2ccc[n+](N)c21. The van der Waals surface area contributed by atoms with Crippen molar-refractivity contribution < 1.29 is 4.68 Å². The topological polar surface area (TPSA) is 34.8 Å². The minimum absolute atomic E-state index is 0.384. The average molecular weight is 226 g/mol. The molecule has 3 nitrogen and oxygen atoms in total. The molecule has 2 heterocycles. The predicted molar refractivity (Wildman–Crippen MR) is 70.2 cm³/mol. The molecule has 0 aliphatic rings. The van der Waals surface area contributed by atoms with Gasteiger partial charge in [-0.3, -0.25) is 5.84 Å². The molecule has 0 fully saturated rings. The van der Waals surface area contributed by atoms with Crippen LogP contribution in [0.2, 0.25) is 0 Å². The summed E-state index contributed by atoms with van der Waals surface area (Å²) < 4.78 is 3.99. The molecule has 3 rings (SSSR count). The second-order valence-electron chi connectivity index (χ2n) is 4.63. The number of fused-ring (bicyclic) bond motifs is 3. The van der Waals surface area contributed by atoms with Gasteiger partial charge in [0.1, 0.15) is 11.7 Å². The molecule has 86 valence electrons. The Kier molecular flexibility index (Phi) is 2.08. The lowest BCUT2D eigenvalue weighted by Gasteiger charge is -2.04. The number of hydrogen-bond donors (Lipinski definition) is 1. The number of rotatable bonds is 1. The molecule has 0 saturated carbocycles. The van der Waals surface area contributed by atoms with Gasteiger partial charge in [0, 0.05) is 5.39 Å². The molecular formula is C14H16N3+. The molecule has 3 aromatic rings. The molecule has 0 saturated heterocycles. The molecule has 0 bridgehead atoms. The maximum absolute atomic E-state index is 6.05. The van der Waals surface area contributed by atoms with E-state index in [2.05, 4.69) is 48.7 Å². The molecule has 0 aliphatic carbocycles. The van der Waals surface area contributed by atoms with Crippen LogP contribution in [0.15, 0.2) is 42.6 Å². The van der Waals surface area contributed by atoms with Crippen molar-refractivity contribution in [2.24, 2.45) is 0 Å². The predicted octanol–water partition coefficient (Wildman–Crippen LogP) is 2.38. The first-order valence-electron chi connectivity index (χ1n) is 5.88. The zero-order valence-corrected chi connectivity index (χ0v) is 10.1. The highest BCUT2D eigenvalue weighted by Gasteiger charge is 2.21. The number of benzene rings is 1. The Hall–Kier alpha value is -2.03. The van der Waals surface area contributed by atoms with Gasteiger partial charge >= 0.3 is 5.65 Å².